The van der Waals surface area contributed by atoms with Crippen molar-refractivity contribution in [2.45, 2.75) is 15.4 Å². The Kier molecular flexibility index (Phi) is 2.83. The lowest BCUT2D eigenvalue weighted by Crippen LogP contribution is -2.08. The Labute approximate surface area is 109 Å². The summed E-state index contributed by atoms with van der Waals surface area (Å²) < 4.78 is 11.8. The molecule has 1 heterocycles. The lowest BCUT2D eigenvalue weighted by atomic mass is 10.0. The van der Waals surface area contributed by atoms with E-state index in [1.54, 1.807) is 23.9 Å². The molecule has 18 heavy (non-hydrogen) atoms. The molecule has 0 amide bonds. The quantitative estimate of drug-likeness (QED) is 0.785. The van der Waals surface area contributed by atoms with Crippen LogP contribution in [0.2, 0.25) is 0 Å². The molecule has 5 heteroatoms. The topological polar surface area (TPSA) is 57.5 Å². The highest BCUT2D eigenvalue weighted by Crippen LogP contribution is 2.61. The zero-order valence-electron chi connectivity index (χ0n) is 9.35. The largest absolute Gasteiger partial charge is 0.337 e. The average Bonchev–Trinajstić information content (AvgIpc) is 2.34. The van der Waals surface area contributed by atoms with E-state index in [0.29, 0.717) is 0 Å². The molecule has 3 nitrogen and oxygen atoms in total. The summed E-state index contributed by atoms with van der Waals surface area (Å²) in [5.41, 5.74) is 0.593. The van der Waals surface area contributed by atoms with Gasteiger partial charge in [-0.2, -0.15) is 0 Å². The molecule has 0 bridgehead atoms. The summed E-state index contributed by atoms with van der Waals surface area (Å²) in [7, 11) is -4.22. The van der Waals surface area contributed by atoms with Gasteiger partial charge in [-0.1, -0.05) is 48.2 Å². The summed E-state index contributed by atoms with van der Waals surface area (Å²) in [6.45, 7) is 0. The molecule has 2 aromatic carbocycles. The Morgan fingerprint density at radius 3 is 1.78 bits per heavy atom. The minimum Gasteiger partial charge on any atom is -0.324 e. The second-order valence-electron chi connectivity index (χ2n) is 4.17. The van der Waals surface area contributed by atoms with Crippen LogP contribution in [0.25, 0.3) is 0 Å². The molecular formula is C13H11O3PS. The monoisotopic (exact) mass is 278 g/mol. The zero-order valence-corrected chi connectivity index (χ0v) is 11.1. The van der Waals surface area contributed by atoms with Gasteiger partial charge in [0.25, 0.3) is 0 Å². The van der Waals surface area contributed by atoms with E-state index in [2.05, 4.69) is 0 Å². The Balaban J connectivity index is 2.27. The number of fused-ring (bicyclic) bond motifs is 2. The Bertz CT molecular complexity index is 605. The number of benzene rings is 2. The van der Waals surface area contributed by atoms with Crippen molar-refractivity contribution >= 4 is 19.4 Å². The summed E-state index contributed by atoms with van der Waals surface area (Å²) >= 11 is 1.56. The van der Waals surface area contributed by atoms with Crippen molar-refractivity contribution < 1.29 is 14.4 Å². The Morgan fingerprint density at radius 1 is 0.889 bits per heavy atom. The van der Waals surface area contributed by atoms with E-state index in [-0.39, 0.29) is 0 Å². The third-order valence-corrected chi connectivity index (χ3v) is 5.40. The predicted octanol–water partition coefficient (Wildman–Crippen LogP) is 3.42. The fraction of sp³-hybridized carbons (Fsp3) is 0.0769. The molecule has 1 aliphatic heterocycles. The van der Waals surface area contributed by atoms with Crippen molar-refractivity contribution in [1.82, 2.24) is 0 Å². The van der Waals surface area contributed by atoms with E-state index < -0.39 is 13.3 Å². The molecule has 2 N–H and O–H groups in total. The molecule has 0 radical (unpaired) electrons. The first kappa shape index (κ1) is 12.0. The SMILES string of the molecule is O=P(O)(O)C1c2ccccc2Sc2ccccc21. The first-order valence-electron chi connectivity index (χ1n) is 5.48. The van der Waals surface area contributed by atoms with Crippen LogP contribution in [-0.4, -0.2) is 9.79 Å². The van der Waals surface area contributed by atoms with Gasteiger partial charge >= 0.3 is 7.60 Å². The van der Waals surface area contributed by atoms with Crippen molar-refractivity contribution in [1.29, 1.82) is 0 Å². The molecule has 0 saturated heterocycles. The van der Waals surface area contributed by atoms with Gasteiger partial charge < -0.3 is 9.79 Å². The number of hydrogen-bond donors (Lipinski definition) is 2. The van der Waals surface area contributed by atoms with Gasteiger partial charge in [0.1, 0.15) is 5.66 Å². The first-order chi connectivity index (χ1) is 8.57. The molecular weight excluding hydrogens is 267 g/mol. The maximum atomic E-state index is 11.8. The highest BCUT2D eigenvalue weighted by Gasteiger charge is 2.37. The lowest BCUT2D eigenvalue weighted by molar-refractivity contribution is 0.363. The van der Waals surface area contributed by atoms with Gasteiger partial charge in [-0.15, -0.1) is 0 Å². The minimum absolute atomic E-state index is 0.717. The molecule has 0 atom stereocenters. The summed E-state index contributed by atoms with van der Waals surface area (Å²) in [6, 6.07) is 14.8. The molecule has 0 unspecified atom stereocenters. The van der Waals surface area contributed by atoms with Crippen LogP contribution < -0.4 is 0 Å². The lowest BCUT2D eigenvalue weighted by Gasteiger charge is -2.28. The molecule has 0 aromatic heterocycles. The van der Waals surface area contributed by atoms with E-state index >= 15 is 0 Å². The van der Waals surface area contributed by atoms with Gasteiger partial charge in [0.2, 0.25) is 0 Å². The van der Waals surface area contributed by atoms with E-state index in [4.69, 9.17) is 0 Å². The van der Waals surface area contributed by atoms with Crippen LogP contribution in [0.15, 0.2) is 58.3 Å². The highest BCUT2D eigenvalue weighted by atomic mass is 32.2. The van der Waals surface area contributed by atoms with Crippen LogP contribution in [0.4, 0.5) is 0 Å². The van der Waals surface area contributed by atoms with Crippen LogP contribution in [-0.2, 0) is 4.57 Å². The summed E-state index contributed by atoms with van der Waals surface area (Å²) in [5.74, 6) is 0. The van der Waals surface area contributed by atoms with Crippen molar-refractivity contribution in [3.8, 4) is 0 Å². The predicted molar refractivity (Wildman–Crippen MR) is 70.9 cm³/mol. The smallest absolute Gasteiger partial charge is 0.324 e. The Hall–Kier alpha value is -1.06. The molecule has 3 rings (SSSR count). The van der Waals surface area contributed by atoms with Gasteiger partial charge in [0.05, 0.1) is 0 Å². The fourth-order valence-electron chi connectivity index (χ4n) is 2.25. The maximum absolute atomic E-state index is 11.8. The molecule has 0 aliphatic carbocycles. The highest BCUT2D eigenvalue weighted by molar-refractivity contribution is 7.99. The third kappa shape index (κ3) is 1.91. The van der Waals surface area contributed by atoms with E-state index in [9.17, 15) is 14.4 Å². The van der Waals surface area contributed by atoms with Gasteiger partial charge in [-0.3, -0.25) is 4.57 Å². The first-order valence-corrected chi connectivity index (χ1v) is 7.98. The third-order valence-electron chi connectivity index (χ3n) is 2.98. The molecule has 2 aromatic rings. The van der Waals surface area contributed by atoms with Crippen molar-refractivity contribution in [2.75, 3.05) is 0 Å². The van der Waals surface area contributed by atoms with Crippen LogP contribution in [0, 0.1) is 0 Å². The van der Waals surface area contributed by atoms with Crippen LogP contribution >= 0.6 is 19.4 Å². The van der Waals surface area contributed by atoms with Gasteiger partial charge in [0.15, 0.2) is 0 Å². The van der Waals surface area contributed by atoms with Gasteiger partial charge in [-0.05, 0) is 23.3 Å². The minimum atomic E-state index is -4.22. The molecule has 1 aliphatic rings. The molecule has 0 fully saturated rings. The van der Waals surface area contributed by atoms with Crippen LogP contribution in [0.5, 0.6) is 0 Å². The van der Waals surface area contributed by atoms with Crippen molar-refractivity contribution in [2.24, 2.45) is 0 Å². The maximum Gasteiger partial charge on any atom is 0.337 e. The second kappa shape index (κ2) is 4.25. The zero-order chi connectivity index (χ0) is 12.8. The second-order valence-corrected chi connectivity index (χ2v) is 6.95. The van der Waals surface area contributed by atoms with Crippen molar-refractivity contribution in [3.05, 3.63) is 59.7 Å². The summed E-state index contributed by atoms with van der Waals surface area (Å²) in [4.78, 5) is 21.1. The molecule has 92 valence electrons. The molecule has 0 spiro atoms. The van der Waals surface area contributed by atoms with Gasteiger partial charge in [0, 0.05) is 9.79 Å². The normalized spacial score (nSPS) is 15.0. The van der Waals surface area contributed by atoms with E-state index in [1.165, 1.54) is 0 Å². The standard InChI is InChI=1S/C13H11O3PS/c14-17(15,16)13-9-5-1-3-7-11(9)18-12-8-4-2-6-10(12)13/h1-8,13H,(H2,14,15,16). The van der Waals surface area contributed by atoms with E-state index in [1.807, 2.05) is 36.4 Å². The fourth-order valence-corrected chi connectivity index (χ4v) is 4.73. The number of rotatable bonds is 1. The summed E-state index contributed by atoms with van der Waals surface area (Å²) in [5, 5.41) is 0. The van der Waals surface area contributed by atoms with E-state index in [0.717, 1.165) is 20.9 Å². The van der Waals surface area contributed by atoms with Crippen LogP contribution in [0.3, 0.4) is 0 Å². The van der Waals surface area contributed by atoms with Crippen LogP contribution in [0.1, 0.15) is 16.8 Å². The summed E-state index contributed by atoms with van der Waals surface area (Å²) in [6.07, 6.45) is 0. The Morgan fingerprint density at radius 2 is 1.33 bits per heavy atom. The molecule has 0 saturated carbocycles. The average molecular weight is 278 g/mol. The van der Waals surface area contributed by atoms with Crippen molar-refractivity contribution in [3.63, 3.8) is 0 Å². The van der Waals surface area contributed by atoms with Gasteiger partial charge in [-0.25, -0.2) is 0 Å². The number of hydrogen-bond acceptors (Lipinski definition) is 2.